The van der Waals surface area contributed by atoms with Gasteiger partial charge in [-0.05, 0) is 31.4 Å². The van der Waals surface area contributed by atoms with Crippen LogP contribution in [0.2, 0.25) is 0 Å². The summed E-state index contributed by atoms with van der Waals surface area (Å²) in [6, 6.07) is 3.35. The summed E-state index contributed by atoms with van der Waals surface area (Å²) in [6.07, 6.45) is 6.18. The van der Waals surface area contributed by atoms with Crippen LogP contribution in [-0.2, 0) is 14.8 Å². The first-order valence-electron chi connectivity index (χ1n) is 9.58. The number of sulfonamides is 1. The van der Waals surface area contributed by atoms with Crippen molar-refractivity contribution in [2.24, 2.45) is 0 Å². The molecule has 7 nitrogen and oxygen atoms in total. The van der Waals surface area contributed by atoms with Crippen molar-refractivity contribution in [2.75, 3.05) is 25.6 Å². The van der Waals surface area contributed by atoms with E-state index in [0.717, 1.165) is 42.8 Å². The van der Waals surface area contributed by atoms with Gasteiger partial charge in [0.05, 0.1) is 19.9 Å². The van der Waals surface area contributed by atoms with Crippen LogP contribution in [0.4, 0.5) is 5.69 Å². The van der Waals surface area contributed by atoms with Gasteiger partial charge in [-0.2, -0.15) is 0 Å². The van der Waals surface area contributed by atoms with Gasteiger partial charge in [0.1, 0.15) is 0 Å². The summed E-state index contributed by atoms with van der Waals surface area (Å²) < 4.78 is 38.0. The second-order valence-corrected chi connectivity index (χ2v) is 9.22. The number of carbonyl (C=O) groups excluding carboxylic acids is 1. The van der Waals surface area contributed by atoms with E-state index in [-0.39, 0.29) is 10.9 Å². The summed E-state index contributed by atoms with van der Waals surface area (Å²) in [5.41, 5.74) is 1.52. The van der Waals surface area contributed by atoms with Crippen LogP contribution in [0.5, 0.6) is 11.5 Å². The first-order chi connectivity index (χ1) is 13.3. The van der Waals surface area contributed by atoms with Gasteiger partial charge in [-0.3, -0.25) is 9.10 Å². The molecule has 1 aromatic rings. The fraction of sp³-hybridized carbons (Fsp3) is 0.550. The molecule has 1 aliphatic carbocycles. The molecule has 3 rings (SSSR count). The summed E-state index contributed by atoms with van der Waals surface area (Å²) >= 11 is 0. The molecule has 1 N–H and O–H groups in total. The summed E-state index contributed by atoms with van der Waals surface area (Å²) in [7, 11) is 0.502. The third-order valence-electron chi connectivity index (χ3n) is 5.60. The van der Waals surface area contributed by atoms with E-state index in [4.69, 9.17) is 9.47 Å². The normalized spacial score (nSPS) is 19.6. The van der Waals surface area contributed by atoms with Crippen LogP contribution < -0.4 is 19.1 Å². The lowest BCUT2D eigenvalue weighted by Crippen LogP contribution is -2.42. The van der Waals surface area contributed by atoms with E-state index in [2.05, 4.69) is 5.32 Å². The highest BCUT2D eigenvalue weighted by molar-refractivity contribution is 7.97. The number of nitrogens with one attached hydrogen (secondary N) is 1. The summed E-state index contributed by atoms with van der Waals surface area (Å²) in [4.78, 5) is 12.8. The Kier molecular flexibility index (Phi) is 5.88. The number of nitrogens with zero attached hydrogens (tertiary/aromatic N) is 1. The van der Waals surface area contributed by atoms with Gasteiger partial charge in [-0.15, -0.1) is 0 Å². The zero-order valence-corrected chi connectivity index (χ0v) is 17.7. The first-order valence-corrected chi connectivity index (χ1v) is 11.0. The lowest BCUT2D eigenvalue weighted by atomic mass is 10.0. The van der Waals surface area contributed by atoms with Crippen molar-refractivity contribution < 1.29 is 22.7 Å². The van der Waals surface area contributed by atoms with Gasteiger partial charge in [0.15, 0.2) is 16.4 Å². The average Bonchev–Trinajstić information content (AvgIpc) is 2.93. The molecule has 1 aromatic carbocycles. The second kappa shape index (κ2) is 8.03. The predicted molar refractivity (Wildman–Crippen MR) is 109 cm³/mol. The summed E-state index contributed by atoms with van der Waals surface area (Å²) in [6.45, 7) is 1.66. The van der Waals surface area contributed by atoms with Gasteiger partial charge >= 0.3 is 0 Å². The van der Waals surface area contributed by atoms with E-state index in [9.17, 15) is 13.2 Å². The Morgan fingerprint density at radius 1 is 1.07 bits per heavy atom. The maximum absolute atomic E-state index is 13.1. The molecule has 0 atom stereocenters. The predicted octanol–water partition coefficient (Wildman–Crippen LogP) is 3.05. The number of amides is 1. The minimum atomic E-state index is -3.96. The van der Waals surface area contributed by atoms with E-state index >= 15 is 0 Å². The Hall–Kier alpha value is -2.22. The van der Waals surface area contributed by atoms with E-state index in [1.165, 1.54) is 21.3 Å². The highest BCUT2D eigenvalue weighted by atomic mass is 32.2. The first kappa shape index (κ1) is 20.5. The molecule has 1 amide bonds. The minimum absolute atomic E-state index is 0.0163. The average molecular weight is 409 g/mol. The molecule has 0 bridgehead atoms. The smallest absolute Gasteiger partial charge is 0.269 e. The van der Waals surface area contributed by atoms with Crippen LogP contribution in [-0.4, -0.2) is 41.6 Å². The third kappa shape index (κ3) is 3.57. The fourth-order valence-corrected chi connectivity index (χ4v) is 5.45. The van der Waals surface area contributed by atoms with Crippen molar-refractivity contribution in [1.82, 2.24) is 5.32 Å². The zero-order valence-electron chi connectivity index (χ0n) is 16.9. The van der Waals surface area contributed by atoms with Gasteiger partial charge in [0, 0.05) is 24.7 Å². The van der Waals surface area contributed by atoms with Crippen molar-refractivity contribution in [3.63, 3.8) is 0 Å². The number of benzene rings is 1. The molecule has 0 saturated heterocycles. The molecule has 1 aliphatic heterocycles. The van der Waals surface area contributed by atoms with Crippen LogP contribution in [0, 0.1) is 0 Å². The Bertz CT molecular complexity index is 899. The molecule has 8 heteroatoms. The standard InChI is InChI=1S/C20H28N2O5S/c1-13-15-11-17(26-3)18(27-4)12-16(15)22(2)28(24,25)19(13)20(23)21-14-9-7-5-6-8-10-14/h11-12,14H,5-10H2,1-4H3,(H,21,23). The van der Waals surface area contributed by atoms with Gasteiger partial charge in [0.2, 0.25) is 0 Å². The second-order valence-electron chi connectivity index (χ2n) is 7.31. The topological polar surface area (TPSA) is 84.9 Å². The summed E-state index contributed by atoms with van der Waals surface area (Å²) in [5, 5.41) is 2.96. The number of ether oxygens (including phenoxy) is 2. The van der Waals surface area contributed by atoms with E-state index in [1.54, 1.807) is 19.1 Å². The molecule has 0 aromatic heterocycles. The Morgan fingerprint density at radius 2 is 1.64 bits per heavy atom. The SMILES string of the molecule is COc1cc2c(cc1OC)N(C)S(=O)(=O)C(C(=O)NC1CCCCCC1)=C2C. The van der Waals surface area contributed by atoms with Crippen LogP contribution >= 0.6 is 0 Å². The molecule has 154 valence electrons. The van der Waals surface area contributed by atoms with Crippen LogP contribution in [0.1, 0.15) is 51.0 Å². The van der Waals surface area contributed by atoms with Crippen LogP contribution in [0.3, 0.4) is 0 Å². The number of allylic oxidation sites excluding steroid dienone is 1. The minimum Gasteiger partial charge on any atom is -0.493 e. The molecular weight excluding hydrogens is 380 g/mol. The Morgan fingerprint density at radius 3 is 2.21 bits per heavy atom. The molecule has 0 radical (unpaired) electrons. The molecule has 0 unspecified atom stereocenters. The van der Waals surface area contributed by atoms with E-state index in [1.807, 2.05) is 0 Å². The quantitative estimate of drug-likeness (QED) is 0.774. The lowest BCUT2D eigenvalue weighted by Gasteiger charge is -2.31. The number of fused-ring (bicyclic) bond motifs is 1. The van der Waals surface area contributed by atoms with Crippen molar-refractivity contribution in [1.29, 1.82) is 0 Å². The maximum Gasteiger partial charge on any atom is 0.269 e. The van der Waals surface area contributed by atoms with Gasteiger partial charge in [-0.25, -0.2) is 8.42 Å². The third-order valence-corrected chi connectivity index (χ3v) is 7.53. The number of anilines is 1. The number of methoxy groups -OCH3 is 2. The lowest BCUT2D eigenvalue weighted by molar-refractivity contribution is -0.117. The zero-order chi connectivity index (χ0) is 20.5. The number of hydrogen-bond donors (Lipinski definition) is 1. The Labute approximate surface area is 166 Å². The van der Waals surface area contributed by atoms with Crippen molar-refractivity contribution in [3.05, 3.63) is 22.6 Å². The molecule has 2 aliphatic rings. The van der Waals surface area contributed by atoms with Crippen molar-refractivity contribution in [2.45, 2.75) is 51.5 Å². The van der Waals surface area contributed by atoms with E-state index in [0.29, 0.717) is 28.3 Å². The van der Waals surface area contributed by atoms with E-state index < -0.39 is 15.9 Å². The van der Waals surface area contributed by atoms with Crippen LogP contribution in [0.25, 0.3) is 5.57 Å². The highest BCUT2D eigenvalue weighted by Crippen LogP contribution is 2.44. The summed E-state index contributed by atoms with van der Waals surface area (Å²) in [5.74, 6) is 0.385. The maximum atomic E-state index is 13.1. The van der Waals surface area contributed by atoms with Crippen molar-refractivity contribution >= 4 is 27.2 Å². The van der Waals surface area contributed by atoms with Crippen LogP contribution in [0.15, 0.2) is 17.0 Å². The molecule has 1 fully saturated rings. The number of hydrogen-bond acceptors (Lipinski definition) is 5. The van der Waals surface area contributed by atoms with Gasteiger partial charge in [0.25, 0.3) is 15.9 Å². The van der Waals surface area contributed by atoms with Crippen molar-refractivity contribution in [3.8, 4) is 11.5 Å². The molecule has 28 heavy (non-hydrogen) atoms. The fourth-order valence-electron chi connectivity index (χ4n) is 3.97. The number of carbonyl (C=O) groups is 1. The largest absolute Gasteiger partial charge is 0.493 e. The molecule has 1 saturated carbocycles. The van der Waals surface area contributed by atoms with Gasteiger partial charge in [-0.1, -0.05) is 25.7 Å². The molecule has 1 heterocycles. The molecular formula is C20H28N2O5S. The molecule has 0 spiro atoms. The Balaban J connectivity index is 2.05. The van der Waals surface area contributed by atoms with Gasteiger partial charge < -0.3 is 14.8 Å². The monoisotopic (exact) mass is 408 g/mol. The highest BCUT2D eigenvalue weighted by Gasteiger charge is 2.39. The number of rotatable bonds is 4.